The van der Waals surface area contributed by atoms with Gasteiger partial charge in [-0.05, 0) is 25.0 Å². The van der Waals surface area contributed by atoms with Crippen LogP contribution in [0.1, 0.15) is 31.4 Å². The number of unbranched alkanes of at least 4 members (excludes halogenated alkanes) is 2. The Morgan fingerprint density at radius 1 is 1.25 bits per heavy atom. The van der Waals surface area contributed by atoms with Crippen molar-refractivity contribution in [3.63, 3.8) is 0 Å². The van der Waals surface area contributed by atoms with Crippen LogP contribution in [-0.2, 0) is 17.8 Å². The average molecular weight is 274 g/mol. The molecule has 0 radical (unpaired) electrons. The lowest BCUT2D eigenvalue weighted by atomic mass is 10.2. The number of amides is 1. The molecule has 0 unspecified atom stereocenters. The molecule has 0 fully saturated rings. The van der Waals surface area contributed by atoms with Crippen molar-refractivity contribution in [3.05, 3.63) is 42.7 Å². The fourth-order valence-corrected chi connectivity index (χ4v) is 2.12. The van der Waals surface area contributed by atoms with E-state index in [0.717, 1.165) is 37.9 Å². The molecule has 5 heteroatoms. The molecule has 0 aliphatic heterocycles. The second-order valence-electron chi connectivity index (χ2n) is 4.91. The average Bonchev–Trinajstić information content (AvgIpc) is 3.11. The summed E-state index contributed by atoms with van der Waals surface area (Å²) < 4.78 is 2.17. The van der Waals surface area contributed by atoms with Crippen molar-refractivity contribution in [2.24, 2.45) is 0 Å². The summed E-state index contributed by atoms with van der Waals surface area (Å²) in [5.41, 5.74) is 1.05. The first-order valence-corrected chi connectivity index (χ1v) is 7.19. The van der Waals surface area contributed by atoms with Gasteiger partial charge in [0, 0.05) is 50.2 Å². The number of carbonyl (C=O) groups is 1. The van der Waals surface area contributed by atoms with E-state index in [0.29, 0.717) is 13.0 Å². The summed E-state index contributed by atoms with van der Waals surface area (Å²) in [7, 11) is 0. The maximum atomic E-state index is 11.6. The predicted molar refractivity (Wildman–Crippen MR) is 78.2 cm³/mol. The zero-order valence-corrected chi connectivity index (χ0v) is 11.7. The molecule has 2 rings (SSSR count). The Bertz CT molecular complexity index is 476. The molecule has 0 spiro atoms. The van der Waals surface area contributed by atoms with Crippen LogP contribution in [0.3, 0.4) is 0 Å². The topological polar surface area (TPSA) is 62.7 Å². The van der Waals surface area contributed by atoms with E-state index in [9.17, 15) is 4.79 Å². The first kappa shape index (κ1) is 14.4. The summed E-state index contributed by atoms with van der Waals surface area (Å²) >= 11 is 0. The molecule has 0 aliphatic rings. The Morgan fingerprint density at radius 2 is 2.10 bits per heavy atom. The van der Waals surface area contributed by atoms with Crippen LogP contribution in [0.15, 0.2) is 37.1 Å². The summed E-state index contributed by atoms with van der Waals surface area (Å²) in [6, 6.07) is 4.07. The standard InChI is InChI=1S/C15H22N4O/c20-15(17-8-7-14-12-16-13-18-14)6-2-1-3-9-19-10-4-5-11-19/h4-5,10-13H,1-3,6-9H2,(H,16,18)(H,17,20). The van der Waals surface area contributed by atoms with E-state index in [1.165, 1.54) is 0 Å². The van der Waals surface area contributed by atoms with Crippen molar-refractivity contribution in [3.8, 4) is 0 Å². The lowest BCUT2D eigenvalue weighted by molar-refractivity contribution is -0.121. The summed E-state index contributed by atoms with van der Waals surface area (Å²) in [5, 5.41) is 2.93. The van der Waals surface area contributed by atoms with E-state index in [2.05, 4.69) is 32.2 Å². The minimum absolute atomic E-state index is 0.144. The number of H-pyrrole nitrogens is 1. The van der Waals surface area contributed by atoms with E-state index >= 15 is 0 Å². The highest BCUT2D eigenvalue weighted by Crippen LogP contribution is 2.03. The van der Waals surface area contributed by atoms with Crippen LogP contribution in [0.2, 0.25) is 0 Å². The van der Waals surface area contributed by atoms with Crippen LogP contribution in [0.25, 0.3) is 0 Å². The summed E-state index contributed by atoms with van der Waals surface area (Å²) in [4.78, 5) is 18.6. The summed E-state index contributed by atoms with van der Waals surface area (Å²) in [6.07, 6.45) is 12.2. The number of aromatic nitrogens is 3. The van der Waals surface area contributed by atoms with Gasteiger partial charge in [-0.1, -0.05) is 6.42 Å². The minimum Gasteiger partial charge on any atom is -0.356 e. The van der Waals surface area contributed by atoms with Crippen LogP contribution in [0.5, 0.6) is 0 Å². The molecule has 1 amide bonds. The third-order valence-corrected chi connectivity index (χ3v) is 3.26. The third-order valence-electron chi connectivity index (χ3n) is 3.26. The highest BCUT2D eigenvalue weighted by molar-refractivity contribution is 5.75. The van der Waals surface area contributed by atoms with Crippen LogP contribution < -0.4 is 5.32 Å². The Labute approximate surface area is 119 Å². The molecule has 0 saturated carbocycles. The van der Waals surface area contributed by atoms with Gasteiger partial charge in [0.25, 0.3) is 0 Å². The maximum Gasteiger partial charge on any atom is 0.220 e. The zero-order valence-electron chi connectivity index (χ0n) is 11.7. The van der Waals surface area contributed by atoms with E-state index in [4.69, 9.17) is 0 Å². The molecule has 0 atom stereocenters. The molecule has 5 nitrogen and oxygen atoms in total. The van der Waals surface area contributed by atoms with Crippen LogP contribution >= 0.6 is 0 Å². The van der Waals surface area contributed by atoms with Crippen molar-refractivity contribution in [1.82, 2.24) is 19.9 Å². The number of imidazole rings is 1. The Hall–Kier alpha value is -2.04. The summed E-state index contributed by atoms with van der Waals surface area (Å²) in [5.74, 6) is 0.144. The molecule has 0 aliphatic carbocycles. The monoisotopic (exact) mass is 274 g/mol. The number of aryl methyl sites for hydroxylation is 1. The second kappa shape index (κ2) is 8.19. The van der Waals surface area contributed by atoms with Gasteiger partial charge in [-0.15, -0.1) is 0 Å². The van der Waals surface area contributed by atoms with Crippen molar-refractivity contribution in [2.75, 3.05) is 6.54 Å². The fraction of sp³-hybridized carbons (Fsp3) is 0.467. The minimum atomic E-state index is 0.144. The fourth-order valence-electron chi connectivity index (χ4n) is 2.12. The molecule has 108 valence electrons. The molecular formula is C15H22N4O. The molecule has 2 heterocycles. The van der Waals surface area contributed by atoms with Crippen LogP contribution in [0.4, 0.5) is 0 Å². The normalized spacial score (nSPS) is 10.6. The number of rotatable bonds is 9. The SMILES string of the molecule is O=C(CCCCCn1cccc1)NCCc1cnc[nH]1. The van der Waals surface area contributed by atoms with Gasteiger partial charge < -0.3 is 14.9 Å². The number of nitrogens with zero attached hydrogens (tertiary/aromatic N) is 2. The van der Waals surface area contributed by atoms with E-state index in [1.54, 1.807) is 12.5 Å². The summed E-state index contributed by atoms with van der Waals surface area (Å²) in [6.45, 7) is 1.71. The molecular weight excluding hydrogens is 252 g/mol. The van der Waals surface area contributed by atoms with E-state index in [1.807, 2.05) is 12.1 Å². The van der Waals surface area contributed by atoms with Crippen molar-refractivity contribution >= 4 is 5.91 Å². The van der Waals surface area contributed by atoms with Crippen molar-refractivity contribution < 1.29 is 4.79 Å². The van der Waals surface area contributed by atoms with Gasteiger partial charge in [0.15, 0.2) is 0 Å². The maximum absolute atomic E-state index is 11.6. The van der Waals surface area contributed by atoms with Crippen LogP contribution in [-0.4, -0.2) is 27.0 Å². The van der Waals surface area contributed by atoms with Gasteiger partial charge in [0.1, 0.15) is 0 Å². The van der Waals surface area contributed by atoms with Gasteiger partial charge >= 0.3 is 0 Å². The first-order valence-electron chi connectivity index (χ1n) is 7.19. The molecule has 0 saturated heterocycles. The van der Waals surface area contributed by atoms with Crippen LogP contribution in [0, 0.1) is 0 Å². The smallest absolute Gasteiger partial charge is 0.220 e. The lowest BCUT2D eigenvalue weighted by Crippen LogP contribution is -2.25. The van der Waals surface area contributed by atoms with Crippen molar-refractivity contribution in [2.45, 2.75) is 38.6 Å². The highest BCUT2D eigenvalue weighted by Gasteiger charge is 2.01. The Kier molecular flexibility index (Phi) is 5.89. The number of hydrogen-bond acceptors (Lipinski definition) is 2. The number of carbonyl (C=O) groups excluding carboxylic acids is 1. The molecule has 0 bridgehead atoms. The van der Waals surface area contributed by atoms with Gasteiger partial charge in [-0.2, -0.15) is 0 Å². The number of aromatic amines is 1. The molecule has 2 aromatic rings. The largest absolute Gasteiger partial charge is 0.356 e. The quantitative estimate of drug-likeness (QED) is 0.688. The Morgan fingerprint density at radius 3 is 2.85 bits per heavy atom. The zero-order chi connectivity index (χ0) is 14.0. The molecule has 2 aromatic heterocycles. The number of nitrogens with one attached hydrogen (secondary N) is 2. The lowest BCUT2D eigenvalue weighted by Gasteiger charge is -2.05. The molecule has 2 N–H and O–H groups in total. The predicted octanol–water partition coefficient (Wildman–Crippen LogP) is 2.13. The van der Waals surface area contributed by atoms with E-state index in [-0.39, 0.29) is 5.91 Å². The van der Waals surface area contributed by atoms with Gasteiger partial charge in [0.05, 0.1) is 6.33 Å². The Balaban J connectivity index is 1.45. The van der Waals surface area contributed by atoms with Gasteiger partial charge in [-0.3, -0.25) is 4.79 Å². The third kappa shape index (κ3) is 5.30. The second-order valence-corrected chi connectivity index (χ2v) is 4.91. The van der Waals surface area contributed by atoms with Crippen molar-refractivity contribution in [1.29, 1.82) is 0 Å². The van der Waals surface area contributed by atoms with E-state index < -0.39 is 0 Å². The first-order chi connectivity index (χ1) is 9.84. The number of hydrogen-bond donors (Lipinski definition) is 2. The molecule has 20 heavy (non-hydrogen) atoms. The highest BCUT2D eigenvalue weighted by atomic mass is 16.1. The van der Waals surface area contributed by atoms with Gasteiger partial charge in [-0.25, -0.2) is 4.98 Å². The molecule has 0 aromatic carbocycles. The van der Waals surface area contributed by atoms with Gasteiger partial charge in [0.2, 0.25) is 5.91 Å².